The van der Waals surface area contributed by atoms with Crippen LogP contribution in [0.3, 0.4) is 0 Å². The van der Waals surface area contributed by atoms with E-state index < -0.39 is 0 Å². The summed E-state index contributed by atoms with van der Waals surface area (Å²) in [6.45, 7) is 2.08. The first-order valence-corrected chi connectivity index (χ1v) is 6.48. The number of carbonyl (C=O) groups is 1. The molecule has 0 bridgehead atoms. The number of aromatic nitrogens is 1. The number of thiazole rings is 1. The maximum Gasteiger partial charge on any atom is 0.216 e. The number of halogens is 1. The second kappa shape index (κ2) is 5.73. The molecule has 0 unspecified atom stereocenters. The summed E-state index contributed by atoms with van der Waals surface area (Å²) in [4.78, 5) is 15.2. The Balaban J connectivity index is 2.01. The number of amides is 1. The number of hydrogen-bond acceptors (Lipinski definition) is 3. The molecule has 1 aromatic heterocycles. The Bertz CT molecular complexity index is 536. The highest BCUT2D eigenvalue weighted by Gasteiger charge is 2.05. The Labute approximate surface area is 109 Å². The minimum Gasteiger partial charge on any atom is -0.356 e. The van der Waals surface area contributed by atoms with Crippen molar-refractivity contribution in [1.29, 1.82) is 0 Å². The van der Waals surface area contributed by atoms with Crippen LogP contribution in [0, 0.1) is 5.82 Å². The predicted molar refractivity (Wildman–Crippen MR) is 69.9 cm³/mol. The number of nitrogens with zero attached hydrogens (tertiary/aromatic N) is 1. The molecule has 94 valence electrons. The zero-order valence-corrected chi connectivity index (χ0v) is 10.8. The molecule has 0 radical (unpaired) electrons. The van der Waals surface area contributed by atoms with Crippen LogP contribution in [0.2, 0.25) is 0 Å². The predicted octanol–water partition coefficient (Wildman–Crippen LogP) is 2.63. The van der Waals surface area contributed by atoms with Crippen LogP contribution in [0.4, 0.5) is 4.39 Å². The summed E-state index contributed by atoms with van der Waals surface area (Å²) in [6.07, 6.45) is 0.706. The summed E-state index contributed by atoms with van der Waals surface area (Å²) in [6, 6.07) is 6.28. The third-order valence-electron chi connectivity index (χ3n) is 2.40. The minimum atomic E-state index is -0.249. The lowest BCUT2D eigenvalue weighted by Gasteiger charge is -1.98. The SMILES string of the molecule is CC(=O)NCCc1csc(-c2ccc(F)cc2)n1. The van der Waals surface area contributed by atoms with Crippen molar-refractivity contribution in [3.05, 3.63) is 41.2 Å². The zero-order chi connectivity index (χ0) is 13.0. The van der Waals surface area contributed by atoms with Crippen molar-refractivity contribution in [2.45, 2.75) is 13.3 Å². The van der Waals surface area contributed by atoms with E-state index in [0.717, 1.165) is 16.3 Å². The van der Waals surface area contributed by atoms with Gasteiger partial charge in [-0.05, 0) is 24.3 Å². The smallest absolute Gasteiger partial charge is 0.216 e. The summed E-state index contributed by atoms with van der Waals surface area (Å²) < 4.78 is 12.8. The molecule has 0 fully saturated rings. The lowest BCUT2D eigenvalue weighted by molar-refractivity contribution is -0.118. The van der Waals surface area contributed by atoms with E-state index in [4.69, 9.17) is 0 Å². The van der Waals surface area contributed by atoms with Crippen LogP contribution in [0.5, 0.6) is 0 Å². The van der Waals surface area contributed by atoms with Gasteiger partial charge in [0.1, 0.15) is 10.8 Å². The zero-order valence-electron chi connectivity index (χ0n) is 9.94. The van der Waals surface area contributed by atoms with Gasteiger partial charge in [-0.2, -0.15) is 0 Å². The van der Waals surface area contributed by atoms with Crippen molar-refractivity contribution in [3.8, 4) is 10.6 Å². The molecule has 18 heavy (non-hydrogen) atoms. The van der Waals surface area contributed by atoms with Crippen molar-refractivity contribution in [2.75, 3.05) is 6.54 Å². The fourth-order valence-corrected chi connectivity index (χ4v) is 2.37. The Morgan fingerprint density at radius 3 is 2.78 bits per heavy atom. The average Bonchev–Trinajstić information content (AvgIpc) is 2.78. The lowest BCUT2D eigenvalue weighted by atomic mass is 10.2. The van der Waals surface area contributed by atoms with Crippen molar-refractivity contribution in [3.63, 3.8) is 0 Å². The van der Waals surface area contributed by atoms with Gasteiger partial charge >= 0.3 is 0 Å². The number of rotatable bonds is 4. The highest BCUT2D eigenvalue weighted by atomic mass is 32.1. The van der Waals surface area contributed by atoms with Gasteiger partial charge in [0.2, 0.25) is 5.91 Å². The Morgan fingerprint density at radius 1 is 1.39 bits per heavy atom. The highest BCUT2D eigenvalue weighted by Crippen LogP contribution is 2.23. The largest absolute Gasteiger partial charge is 0.356 e. The molecule has 1 N–H and O–H groups in total. The summed E-state index contributed by atoms with van der Waals surface area (Å²) in [5.41, 5.74) is 1.85. The van der Waals surface area contributed by atoms with E-state index in [9.17, 15) is 9.18 Å². The number of nitrogens with one attached hydrogen (secondary N) is 1. The Morgan fingerprint density at radius 2 is 2.11 bits per heavy atom. The summed E-state index contributed by atoms with van der Waals surface area (Å²) in [7, 11) is 0. The first kappa shape index (κ1) is 12.7. The Kier molecular flexibility index (Phi) is 4.04. The molecule has 0 aliphatic rings. The first-order chi connectivity index (χ1) is 8.65. The first-order valence-electron chi connectivity index (χ1n) is 5.60. The van der Waals surface area contributed by atoms with Crippen molar-refractivity contribution >= 4 is 17.2 Å². The maximum atomic E-state index is 12.8. The van der Waals surface area contributed by atoms with Crippen LogP contribution in [0.15, 0.2) is 29.6 Å². The van der Waals surface area contributed by atoms with E-state index in [-0.39, 0.29) is 11.7 Å². The summed E-state index contributed by atoms with van der Waals surface area (Å²) >= 11 is 1.52. The fourth-order valence-electron chi connectivity index (χ4n) is 1.51. The van der Waals surface area contributed by atoms with Gasteiger partial charge in [0, 0.05) is 30.8 Å². The van der Waals surface area contributed by atoms with E-state index in [2.05, 4.69) is 10.3 Å². The molecule has 5 heteroatoms. The quantitative estimate of drug-likeness (QED) is 0.922. The average molecular weight is 264 g/mol. The van der Waals surface area contributed by atoms with E-state index >= 15 is 0 Å². The molecule has 0 aliphatic heterocycles. The molecule has 3 nitrogen and oxygen atoms in total. The van der Waals surface area contributed by atoms with Gasteiger partial charge in [-0.15, -0.1) is 11.3 Å². The van der Waals surface area contributed by atoms with Crippen LogP contribution in [0.1, 0.15) is 12.6 Å². The molecule has 0 atom stereocenters. The molecule has 0 saturated heterocycles. The normalized spacial score (nSPS) is 10.3. The molecule has 0 aliphatic carbocycles. The molecule has 0 saturated carbocycles. The summed E-state index contributed by atoms with van der Waals surface area (Å²) in [5, 5.41) is 5.55. The maximum absolute atomic E-state index is 12.8. The van der Waals surface area contributed by atoms with Crippen molar-refractivity contribution in [1.82, 2.24) is 10.3 Å². The van der Waals surface area contributed by atoms with Crippen LogP contribution < -0.4 is 5.32 Å². The third kappa shape index (κ3) is 3.37. The van der Waals surface area contributed by atoms with Gasteiger partial charge in [-0.25, -0.2) is 9.37 Å². The third-order valence-corrected chi connectivity index (χ3v) is 3.34. The number of carbonyl (C=O) groups excluding carboxylic acids is 1. The molecule has 1 heterocycles. The molecule has 1 aromatic carbocycles. The highest BCUT2D eigenvalue weighted by molar-refractivity contribution is 7.13. The van der Waals surface area contributed by atoms with E-state index in [0.29, 0.717) is 13.0 Å². The molecule has 2 rings (SSSR count). The monoisotopic (exact) mass is 264 g/mol. The van der Waals surface area contributed by atoms with E-state index in [1.165, 1.54) is 30.4 Å². The second-order valence-electron chi connectivity index (χ2n) is 3.88. The number of benzene rings is 1. The van der Waals surface area contributed by atoms with Crippen molar-refractivity contribution in [2.24, 2.45) is 0 Å². The van der Waals surface area contributed by atoms with Crippen LogP contribution in [-0.4, -0.2) is 17.4 Å². The number of hydrogen-bond donors (Lipinski definition) is 1. The van der Waals surface area contributed by atoms with Gasteiger partial charge in [0.05, 0.1) is 5.69 Å². The van der Waals surface area contributed by atoms with Gasteiger partial charge in [-0.3, -0.25) is 4.79 Å². The van der Waals surface area contributed by atoms with Gasteiger partial charge < -0.3 is 5.32 Å². The molecule has 1 amide bonds. The molecular weight excluding hydrogens is 251 g/mol. The van der Waals surface area contributed by atoms with Crippen LogP contribution in [-0.2, 0) is 11.2 Å². The Hall–Kier alpha value is -1.75. The van der Waals surface area contributed by atoms with Gasteiger partial charge in [0.15, 0.2) is 0 Å². The van der Waals surface area contributed by atoms with Crippen molar-refractivity contribution < 1.29 is 9.18 Å². The standard InChI is InChI=1S/C13H13FN2OS/c1-9(17)15-7-6-12-8-18-13(16-12)10-2-4-11(14)5-3-10/h2-5,8H,6-7H2,1H3,(H,15,17). The van der Waals surface area contributed by atoms with E-state index in [1.807, 2.05) is 5.38 Å². The fraction of sp³-hybridized carbons (Fsp3) is 0.231. The molecule has 2 aromatic rings. The van der Waals surface area contributed by atoms with Gasteiger partial charge in [0.25, 0.3) is 0 Å². The minimum absolute atomic E-state index is 0.0380. The summed E-state index contributed by atoms with van der Waals surface area (Å²) in [5.74, 6) is -0.287. The molecular formula is C13H13FN2OS. The second-order valence-corrected chi connectivity index (χ2v) is 4.74. The van der Waals surface area contributed by atoms with Crippen LogP contribution >= 0.6 is 11.3 Å². The van der Waals surface area contributed by atoms with E-state index in [1.54, 1.807) is 12.1 Å². The molecule has 0 spiro atoms. The topological polar surface area (TPSA) is 42.0 Å². The van der Waals surface area contributed by atoms with Crippen LogP contribution in [0.25, 0.3) is 10.6 Å². The lowest BCUT2D eigenvalue weighted by Crippen LogP contribution is -2.22. The van der Waals surface area contributed by atoms with Gasteiger partial charge in [-0.1, -0.05) is 0 Å².